The molecule has 1 aromatic rings. The van der Waals surface area contributed by atoms with Gasteiger partial charge in [-0.05, 0) is 25.0 Å². The summed E-state index contributed by atoms with van der Waals surface area (Å²) in [5.74, 6) is -2.58. The average molecular weight is 487 g/mol. The van der Waals surface area contributed by atoms with Crippen LogP contribution in [0.3, 0.4) is 0 Å². The molecule has 2 N–H and O–H groups in total. The second kappa shape index (κ2) is 9.55. The fourth-order valence-electron chi connectivity index (χ4n) is 3.75. The Hall–Kier alpha value is -2.51. The molecule has 2 fully saturated rings. The number of benzene rings is 1. The smallest absolute Gasteiger partial charge is 0.242 e. The van der Waals surface area contributed by atoms with Crippen molar-refractivity contribution in [3.8, 4) is 0 Å². The summed E-state index contributed by atoms with van der Waals surface area (Å²) in [5, 5.41) is 5.19. The molecule has 11 nitrogen and oxygen atoms in total. The monoisotopic (exact) mass is 486 g/mol. The highest BCUT2D eigenvalue weighted by Crippen LogP contribution is 2.17. The molecular formula is C19H26N4O7S2. The lowest BCUT2D eigenvalue weighted by Crippen LogP contribution is -2.63. The normalized spacial score (nSPS) is 22.8. The number of piperidine rings is 1. The zero-order valence-electron chi connectivity index (χ0n) is 17.6. The van der Waals surface area contributed by atoms with Gasteiger partial charge in [-0.3, -0.25) is 14.4 Å². The van der Waals surface area contributed by atoms with Gasteiger partial charge in [0.25, 0.3) is 0 Å². The van der Waals surface area contributed by atoms with Crippen LogP contribution in [0, 0.1) is 0 Å². The first-order valence-electron chi connectivity index (χ1n) is 10.1. The van der Waals surface area contributed by atoms with Crippen molar-refractivity contribution in [2.45, 2.75) is 29.8 Å². The van der Waals surface area contributed by atoms with E-state index in [1.165, 1.54) is 17.0 Å². The summed E-state index contributed by atoms with van der Waals surface area (Å²) in [5.41, 5.74) is 0. The molecule has 13 heteroatoms. The number of piperazine rings is 1. The van der Waals surface area contributed by atoms with Crippen LogP contribution in [-0.2, 0) is 34.2 Å². The molecule has 0 aliphatic carbocycles. The highest BCUT2D eigenvalue weighted by atomic mass is 32.2. The van der Waals surface area contributed by atoms with E-state index in [0.717, 1.165) is 10.6 Å². The molecule has 2 aliphatic heterocycles. The van der Waals surface area contributed by atoms with Gasteiger partial charge in [-0.15, -0.1) is 0 Å². The molecule has 2 saturated heterocycles. The lowest BCUT2D eigenvalue weighted by atomic mass is 10.1. The molecule has 2 heterocycles. The molecule has 0 bridgehead atoms. The van der Waals surface area contributed by atoms with Crippen molar-refractivity contribution in [3.63, 3.8) is 0 Å². The van der Waals surface area contributed by atoms with Gasteiger partial charge in [-0.2, -0.15) is 4.31 Å². The summed E-state index contributed by atoms with van der Waals surface area (Å²) in [7, 11) is -7.68. The third kappa shape index (κ3) is 5.64. The summed E-state index contributed by atoms with van der Waals surface area (Å²) in [6.07, 6.45) is 2.04. The number of amides is 3. The van der Waals surface area contributed by atoms with Crippen LogP contribution in [0.4, 0.5) is 0 Å². The van der Waals surface area contributed by atoms with Gasteiger partial charge in [0.05, 0.1) is 11.2 Å². The fourth-order valence-corrected chi connectivity index (χ4v) is 6.03. The van der Waals surface area contributed by atoms with Gasteiger partial charge in [0, 0.05) is 26.2 Å². The fraction of sp³-hybridized carbons (Fsp3) is 0.526. The second-order valence-corrected chi connectivity index (χ2v) is 11.7. The Kier molecular flexibility index (Phi) is 7.20. The molecule has 0 radical (unpaired) electrons. The van der Waals surface area contributed by atoms with Crippen LogP contribution in [0.25, 0.3) is 0 Å². The van der Waals surface area contributed by atoms with Crippen molar-refractivity contribution < 1.29 is 31.2 Å². The number of carbonyl (C=O) groups is 3. The van der Waals surface area contributed by atoms with Crippen molar-refractivity contribution in [2.75, 3.05) is 38.2 Å². The Morgan fingerprint density at radius 1 is 1.12 bits per heavy atom. The van der Waals surface area contributed by atoms with Crippen LogP contribution >= 0.6 is 0 Å². The second-order valence-electron chi connectivity index (χ2n) is 7.80. The van der Waals surface area contributed by atoms with E-state index in [2.05, 4.69) is 10.6 Å². The van der Waals surface area contributed by atoms with Gasteiger partial charge >= 0.3 is 0 Å². The minimum absolute atomic E-state index is 0.000672. The van der Waals surface area contributed by atoms with Crippen molar-refractivity contribution in [1.29, 1.82) is 0 Å². The van der Waals surface area contributed by atoms with Gasteiger partial charge in [0.2, 0.25) is 27.7 Å². The van der Waals surface area contributed by atoms with Crippen LogP contribution in [0.5, 0.6) is 0 Å². The highest BCUT2D eigenvalue weighted by Gasteiger charge is 2.40. The first-order valence-corrected chi connectivity index (χ1v) is 13.6. The third-order valence-electron chi connectivity index (χ3n) is 5.43. The number of sulfone groups is 1. The highest BCUT2D eigenvalue weighted by molar-refractivity contribution is 7.92. The summed E-state index contributed by atoms with van der Waals surface area (Å²) >= 11 is 0. The molecule has 0 spiro atoms. The van der Waals surface area contributed by atoms with Crippen molar-refractivity contribution >= 4 is 37.6 Å². The predicted molar refractivity (Wildman–Crippen MR) is 115 cm³/mol. The van der Waals surface area contributed by atoms with Gasteiger partial charge in [-0.25, -0.2) is 16.8 Å². The molecule has 2 atom stereocenters. The number of hydrogen-bond donors (Lipinski definition) is 2. The van der Waals surface area contributed by atoms with Crippen molar-refractivity contribution in [1.82, 2.24) is 19.8 Å². The standard InChI is InChI=1S/C19H26N4O7S2/c1-31(27,28)23-11-10-22(17(24)13-32(29,30)14-6-3-2-4-7-14)12-16(23)19(26)21-15-8-5-9-20-18(15)25/h2-4,6-7,15-16H,5,8-13H2,1H3,(H,20,25)(H,21,26)/t15-,16-/m0/s1. The molecule has 3 rings (SSSR count). The maximum absolute atomic E-state index is 12.9. The van der Waals surface area contributed by atoms with E-state index in [1.807, 2.05) is 0 Å². The van der Waals surface area contributed by atoms with Crippen LogP contribution in [0.2, 0.25) is 0 Å². The van der Waals surface area contributed by atoms with Crippen molar-refractivity contribution in [3.05, 3.63) is 30.3 Å². The predicted octanol–water partition coefficient (Wildman–Crippen LogP) is -1.67. The topological polar surface area (TPSA) is 150 Å². The maximum atomic E-state index is 12.9. The SMILES string of the molecule is CS(=O)(=O)N1CCN(C(=O)CS(=O)(=O)c2ccccc2)C[C@H]1C(=O)N[C@H]1CCCNC1=O. The molecule has 3 amide bonds. The lowest BCUT2D eigenvalue weighted by Gasteiger charge is -2.39. The van der Waals surface area contributed by atoms with Crippen LogP contribution in [0.1, 0.15) is 12.8 Å². The molecule has 0 aromatic heterocycles. The summed E-state index contributed by atoms with van der Waals surface area (Å²) in [4.78, 5) is 38.8. The first-order chi connectivity index (χ1) is 15.0. The maximum Gasteiger partial charge on any atom is 0.242 e. The van der Waals surface area contributed by atoms with Crippen LogP contribution < -0.4 is 10.6 Å². The first kappa shape index (κ1) is 24.1. The molecule has 2 aliphatic rings. The zero-order valence-corrected chi connectivity index (χ0v) is 19.2. The van der Waals surface area contributed by atoms with Gasteiger partial charge in [0.15, 0.2) is 9.84 Å². The quantitative estimate of drug-likeness (QED) is 0.488. The number of rotatable bonds is 6. The number of sulfonamides is 1. The van der Waals surface area contributed by atoms with E-state index < -0.39 is 49.5 Å². The Balaban J connectivity index is 1.75. The Morgan fingerprint density at radius 2 is 1.81 bits per heavy atom. The molecule has 0 saturated carbocycles. The lowest BCUT2D eigenvalue weighted by molar-refractivity contribution is -0.136. The van der Waals surface area contributed by atoms with Gasteiger partial charge in [-0.1, -0.05) is 18.2 Å². The largest absolute Gasteiger partial charge is 0.354 e. The van der Waals surface area contributed by atoms with Crippen molar-refractivity contribution in [2.24, 2.45) is 0 Å². The molecule has 0 unspecified atom stereocenters. The number of hydrogen-bond acceptors (Lipinski definition) is 7. The zero-order chi connectivity index (χ0) is 23.5. The summed E-state index contributed by atoms with van der Waals surface area (Å²) in [6, 6.07) is 5.46. The van der Waals surface area contributed by atoms with E-state index in [-0.39, 0.29) is 30.4 Å². The Bertz CT molecular complexity index is 1090. The van der Waals surface area contributed by atoms with Gasteiger partial charge in [0.1, 0.15) is 17.8 Å². The number of carbonyl (C=O) groups excluding carboxylic acids is 3. The minimum atomic E-state index is -3.90. The minimum Gasteiger partial charge on any atom is -0.354 e. The summed E-state index contributed by atoms with van der Waals surface area (Å²) in [6.45, 7) is -0.0204. The average Bonchev–Trinajstić information content (AvgIpc) is 2.74. The number of nitrogens with one attached hydrogen (secondary N) is 2. The van der Waals surface area contributed by atoms with Gasteiger partial charge < -0.3 is 15.5 Å². The third-order valence-corrected chi connectivity index (χ3v) is 8.34. The molecular weight excluding hydrogens is 460 g/mol. The molecule has 32 heavy (non-hydrogen) atoms. The van der Waals surface area contributed by atoms with Crippen LogP contribution in [-0.4, -0.2) is 94.0 Å². The van der Waals surface area contributed by atoms with E-state index in [1.54, 1.807) is 18.2 Å². The summed E-state index contributed by atoms with van der Waals surface area (Å²) < 4.78 is 50.5. The van der Waals surface area contributed by atoms with E-state index in [4.69, 9.17) is 0 Å². The molecule has 176 valence electrons. The van der Waals surface area contributed by atoms with E-state index in [9.17, 15) is 31.2 Å². The Morgan fingerprint density at radius 3 is 2.44 bits per heavy atom. The molecule has 1 aromatic carbocycles. The number of nitrogens with zero attached hydrogens (tertiary/aromatic N) is 2. The Labute approximate surface area is 187 Å². The van der Waals surface area contributed by atoms with E-state index >= 15 is 0 Å². The van der Waals surface area contributed by atoms with E-state index in [0.29, 0.717) is 19.4 Å². The van der Waals surface area contributed by atoms with Crippen LogP contribution in [0.15, 0.2) is 35.2 Å².